The third kappa shape index (κ3) is 5.02. The van der Waals surface area contributed by atoms with Gasteiger partial charge in [0, 0.05) is 46.3 Å². The molecule has 4 atom stereocenters. The minimum Gasteiger partial charge on any atom is -0.457 e. The molecule has 0 bridgehead atoms. The highest BCUT2D eigenvalue weighted by atomic mass is 16.5. The molecule has 46 heavy (non-hydrogen) atoms. The summed E-state index contributed by atoms with van der Waals surface area (Å²) in [5.41, 5.74) is 9.58. The fourth-order valence-electron chi connectivity index (χ4n) is 7.71. The number of nitrogens with zero attached hydrogens (tertiary/aromatic N) is 4. The number of aryl methyl sites for hydroxylation is 1. The van der Waals surface area contributed by atoms with Gasteiger partial charge in [0.15, 0.2) is 0 Å². The van der Waals surface area contributed by atoms with Gasteiger partial charge in [0.1, 0.15) is 17.3 Å². The molecule has 0 spiro atoms. The first-order valence-corrected chi connectivity index (χ1v) is 16.6. The molecule has 1 unspecified atom stereocenters. The number of benzene rings is 3. The molecule has 1 aliphatic rings. The summed E-state index contributed by atoms with van der Waals surface area (Å²) >= 11 is 0. The number of para-hydroxylation sites is 1. The molecular formula is C41H44N4O. The number of pyridine rings is 1. The van der Waals surface area contributed by atoms with Crippen LogP contribution in [-0.2, 0) is 0 Å². The lowest BCUT2D eigenvalue weighted by molar-refractivity contribution is 0.268. The molecule has 7 rings (SSSR count). The van der Waals surface area contributed by atoms with E-state index in [1.54, 1.807) is 0 Å². The average molecular weight is 609 g/mol. The van der Waals surface area contributed by atoms with Crippen molar-refractivity contribution in [1.82, 2.24) is 19.3 Å². The Bertz CT molecular complexity index is 2110. The van der Waals surface area contributed by atoms with Gasteiger partial charge in [-0.3, -0.25) is 4.57 Å². The third-order valence-electron chi connectivity index (χ3n) is 10.5. The van der Waals surface area contributed by atoms with E-state index in [-0.39, 0.29) is 0 Å². The highest BCUT2D eigenvalue weighted by molar-refractivity contribution is 6.09. The molecule has 0 amide bonds. The van der Waals surface area contributed by atoms with Crippen molar-refractivity contribution in [2.24, 2.45) is 17.8 Å². The van der Waals surface area contributed by atoms with Crippen LogP contribution in [0.15, 0.2) is 96.7 Å². The van der Waals surface area contributed by atoms with E-state index < -0.39 is 0 Å². The molecule has 3 aromatic carbocycles. The first-order chi connectivity index (χ1) is 22.1. The van der Waals surface area contributed by atoms with E-state index in [1.807, 2.05) is 12.3 Å². The second-order valence-corrected chi connectivity index (χ2v) is 13.7. The van der Waals surface area contributed by atoms with Gasteiger partial charge < -0.3 is 4.74 Å². The Morgan fingerprint density at radius 1 is 0.761 bits per heavy atom. The summed E-state index contributed by atoms with van der Waals surface area (Å²) in [6, 6.07) is 27.5. The van der Waals surface area contributed by atoms with Gasteiger partial charge in [0.25, 0.3) is 0 Å². The standard InChI is InChI=1S/C41H44N4O/c1-24(2)31-18-19-42-39(21-31)44-37-15-10-9-14-35(37)36-17-16-34(23-38(36)44)46-33-13-11-12-32(22-33)45-30(8)41(29(7)43-45)40-26(4)20-25(3)27(5)28(40)6/h9-25,27-28,40H,1-8H3/t25?,27-,28-,40+/m0/s1. The first-order valence-electron chi connectivity index (χ1n) is 16.6. The van der Waals surface area contributed by atoms with Gasteiger partial charge >= 0.3 is 0 Å². The zero-order chi connectivity index (χ0) is 32.3. The number of ether oxygens (including phenoxy) is 1. The van der Waals surface area contributed by atoms with E-state index >= 15 is 0 Å². The van der Waals surface area contributed by atoms with E-state index in [4.69, 9.17) is 14.8 Å². The van der Waals surface area contributed by atoms with E-state index in [0.717, 1.165) is 39.7 Å². The maximum atomic E-state index is 6.57. The first kappa shape index (κ1) is 30.0. The van der Waals surface area contributed by atoms with Crippen LogP contribution < -0.4 is 4.74 Å². The van der Waals surface area contributed by atoms with Gasteiger partial charge in [-0.25, -0.2) is 9.67 Å². The highest BCUT2D eigenvalue weighted by Crippen LogP contribution is 2.46. The fourth-order valence-corrected chi connectivity index (χ4v) is 7.71. The summed E-state index contributed by atoms with van der Waals surface area (Å²) in [6.45, 7) is 18.2. The van der Waals surface area contributed by atoms with Crippen molar-refractivity contribution in [3.8, 4) is 23.0 Å². The van der Waals surface area contributed by atoms with Crippen molar-refractivity contribution in [2.75, 3.05) is 0 Å². The molecule has 5 nitrogen and oxygen atoms in total. The molecule has 0 saturated heterocycles. The number of allylic oxidation sites excluding steroid dienone is 2. The Hall–Kier alpha value is -4.64. The quantitative estimate of drug-likeness (QED) is 0.177. The SMILES string of the molecule is CC1=CC(C)[C@H](C)[C@H](C)[C@@H]1c1c(C)nn(-c2cccc(Oc3ccc4c5ccccc5n(-c5cc(C(C)C)ccn5)c4c3)c2)c1C. The lowest BCUT2D eigenvalue weighted by atomic mass is 9.67. The Kier molecular flexibility index (Phi) is 7.59. The number of hydrogen-bond donors (Lipinski definition) is 0. The number of rotatable bonds is 6. The summed E-state index contributed by atoms with van der Waals surface area (Å²) in [7, 11) is 0. The summed E-state index contributed by atoms with van der Waals surface area (Å²) in [4.78, 5) is 4.80. The topological polar surface area (TPSA) is 44.9 Å². The Morgan fingerprint density at radius 3 is 2.33 bits per heavy atom. The minimum atomic E-state index is 0.383. The van der Waals surface area contributed by atoms with Gasteiger partial charge in [0.2, 0.25) is 0 Å². The molecule has 1 aliphatic carbocycles. The monoisotopic (exact) mass is 608 g/mol. The molecular weight excluding hydrogens is 564 g/mol. The van der Waals surface area contributed by atoms with Gasteiger partial charge in [-0.1, -0.05) is 70.5 Å². The van der Waals surface area contributed by atoms with E-state index in [1.165, 1.54) is 33.2 Å². The van der Waals surface area contributed by atoms with Gasteiger partial charge in [-0.15, -0.1) is 0 Å². The molecule has 0 fully saturated rings. The molecule has 3 aromatic heterocycles. The molecule has 0 aliphatic heterocycles. The van der Waals surface area contributed by atoms with Crippen LogP contribution in [0.4, 0.5) is 0 Å². The molecule has 234 valence electrons. The summed E-state index contributed by atoms with van der Waals surface area (Å²) in [5, 5.41) is 7.44. The smallest absolute Gasteiger partial charge is 0.137 e. The van der Waals surface area contributed by atoms with Crippen LogP contribution in [0, 0.1) is 31.6 Å². The van der Waals surface area contributed by atoms with Crippen LogP contribution in [0.3, 0.4) is 0 Å². The van der Waals surface area contributed by atoms with Gasteiger partial charge in [-0.05, 0) is 92.5 Å². The lowest BCUT2D eigenvalue weighted by Gasteiger charge is -2.37. The van der Waals surface area contributed by atoms with Crippen LogP contribution in [0.2, 0.25) is 0 Å². The zero-order valence-electron chi connectivity index (χ0n) is 28.2. The van der Waals surface area contributed by atoms with Crippen LogP contribution in [0.1, 0.15) is 75.9 Å². The second kappa shape index (κ2) is 11.6. The van der Waals surface area contributed by atoms with Crippen molar-refractivity contribution in [3.05, 3.63) is 119 Å². The van der Waals surface area contributed by atoms with E-state index in [0.29, 0.717) is 29.6 Å². The Balaban J connectivity index is 1.26. The lowest BCUT2D eigenvalue weighted by Crippen LogP contribution is -2.28. The van der Waals surface area contributed by atoms with Gasteiger partial charge in [-0.2, -0.15) is 5.10 Å². The summed E-state index contributed by atoms with van der Waals surface area (Å²) in [6.07, 6.45) is 4.38. The molecule has 5 heteroatoms. The van der Waals surface area contributed by atoms with Crippen molar-refractivity contribution >= 4 is 21.8 Å². The maximum absolute atomic E-state index is 6.57. The van der Waals surface area contributed by atoms with E-state index in [2.05, 4.69) is 144 Å². The average Bonchev–Trinajstić information content (AvgIpc) is 3.53. The Morgan fingerprint density at radius 2 is 1.52 bits per heavy atom. The second-order valence-electron chi connectivity index (χ2n) is 13.7. The van der Waals surface area contributed by atoms with Crippen LogP contribution in [0.5, 0.6) is 11.5 Å². The molecule has 0 saturated carbocycles. The van der Waals surface area contributed by atoms with Crippen LogP contribution in [0.25, 0.3) is 33.3 Å². The van der Waals surface area contributed by atoms with E-state index in [9.17, 15) is 0 Å². The predicted molar refractivity (Wildman–Crippen MR) is 190 cm³/mol. The molecule has 0 N–H and O–H groups in total. The van der Waals surface area contributed by atoms with Crippen LogP contribution >= 0.6 is 0 Å². The normalized spacial score (nSPS) is 20.1. The van der Waals surface area contributed by atoms with Crippen molar-refractivity contribution in [2.45, 2.75) is 67.2 Å². The van der Waals surface area contributed by atoms with Crippen molar-refractivity contribution in [1.29, 1.82) is 0 Å². The minimum absolute atomic E-state index is 0.383. The predicted octanol–water partition coefficient (Wildman–Crippen LogP) is 10.8. The van der Waals surface area contributed by atoms with Crippen molar-refractivity contribution in [3.63, 3.8) is 0 Å². The van der Waals surface area contributed by atoms with Crippen molar-refractivity contribution < 1.29 is 4.74 Å². The highest BCUT2D eigenvalue weighted by Gasteiger charge is 2.35. The third-order valence-corrected chi connectivity index (χ3v) is 10.5. The number of hydrogen-bond acceptors (Lipinski definition) is 3. The molecule has 6 aromatic rings. The zero-order valence-corrected chi connectivity index (χ0v) is 28.2. The summed E-state index contributed by atoms with van der Waals surface area (Å²) in [5.74, 6) is 5.04. The summed E-state index contributed by atoms with van der Waals surface area (Å²) < 4.78 is 10.9. The number of fused-ring (bicyclic) bond motifs is 3. The largest absolute Gasteiger partial charge is 0.457 e. The molecule has 3 heterocycles. The van der Waals surface area contributed by atoms with Crippen LogP contribution in [-0.4, -0.2) is 19.3 Å². The molecule has 0 radical (unpaired) electrons. The number of aromatic nitrogens is 4. The van der Waals surface area contributed by atoms with Gasteiger partial charge in [0.05, 0.1) is 22.4 Å². The fraction of sp³-hybridized carbons (Fsp3) is 0.317. The maximum Gasteiger partial charge on any atom is 0.137 e. The Labute approximate surface area is 272 Å².